The van der Waals surface area contributed by atoms with E-state index in [0.29, 0.717) is 5.92 Å². The van der Waals surface area contributed by atoms with Crippen LogP contribution >= 0.6 is 0 Å². The Bertz CT molecular complexity index is 569. The van der Waals surface area contributed by atoms with Gasteiger partial charge in [0, 0.05) is 25.3 Å². The summed E-state index contributed by atoms with van der Waals surface area (Å²) in [5.74, 6) is 0.536. The number of carbonyl (C=O) groups excluding carboxylic acids is 1. The molecule has 3 rings (SSSR count). The maximum Gasteiger partial charge on any atom is 0.410 e. The first-order valence-corrected chi connectivity index (χ1v) is 8.77. The van der Waals surface area contributed by atoms with Gasteiger partial charge in [-0.05, 0) is 63.5 Å². The van der Waals surface area contributed by atoms with E-state index in [-0.39, 0.29) is 6.09 Å². The van der Waals surface area contributed by atoms with E-state index < -0.39 is 5.60 Å². The van der Waals surface area contributed by atoms with Gasteiger partial charge in [-0.25, -0.2) is 4.79 Å². The Kier molecular flexibility index (Phi) is 4.51. The van der Waals surface area contributed by atoms with Gasteiger partial charge < -0.3 is 15.0 Å². The van der Waals surface area contributed by atoms with Crippen molar-refractivity contribution in [2.75, 3.05) is 25.0 Å². The van der Waals surface area contributed by atoms with Gasteiger partial charge in [-0.15, -0.1) is 0 Å². The summed E-state index contributed by atoms with van der Waals surface area (Å²) in [6.07, 6.45) is 4.24. The third-order valence-electron chi connectivity index (χ3n) is 4.69. The molecule has 0 aliphatic carbocycles. The number of para-hydroxylation sites is 1. The van der Waals surface area contributed by atoms with Crippen molar-refractivity contribution in [2.24, 2.45) is 0 Å². The van der Waals surface area contributed by atoms with Gasteiger partial charge in [-0.2, -0.15) is 0 Å². The predicted octanol–water partition coefficient (Wildman–Crippen LogP) is 4.16. The number of likely N-dealkylation sites (tertiary alicyclic amines) is 1. The van der Waals surface area contributed by atoms with Gasteiger partial charge in [0.05, 0.1) is 0 Å². The first kappa shape index (κ1) is 16.2. The number of nitrogens with zero attached hydrogens (tertiary/aromatic N) is 1. The molecular formula is C19H28N2O2. The second-order valence-electron chi connectivity index (χ2n) is 7.65. The fourth-order valence-electron chi connectivity index (χ4n) is 3.58. The number of hydrogen-bond donors (Lipinski definition) is 1. The van der Waals surface area contributed by atoms with Crippen molar-refractivity contribution in [3.05, 3.63) is 29.3 Å². The van der Waals surface area contributed by atoms with Crippen molar-refractivity contribution < 1.29 is 9.53 Å². The molecule has 1 aromatic rings. The maximum atomic E-state index is 12.2. The molecule has 0 unspecified atom stereocenters. The fraction of sp³-hybridized carbons (Fsp3) is 0.632. The number of hydrogen-bond acceptors (Lipinski definition) is 3. The normalized spacial score (nSPS) is 19.0. The maximum absolute atomic E-state index is 12.2. The number of fused-ring (bicyclic) bond motifs is 1. The van der Waals surface area contributed by atoms with E-state index in [1.165, 1.54) is 29.7 Å². The number of piperidine rings is 1. The fourth-order valence-corrected chi connectivity index (χ4v) is 3.58. The summed E-state index contributed by atoms with van der Waals surface area (Å²) < 4.78 is 5.48. The molecule has 1 amide bonds. The van der Waals surface area contributed by atoms with Crippen molar-refractivity contribution in [2.45, 2.75) is 58.0 Å². The van der Waals surface area contributed by atoms with Crippen LogP contribution in [0.5, 0.6) is 0 Å². The molecule has 0 spiro atoms. The molecule has 0 aromatic heterocycles. The third-order valence-corrected chi connectivity index (χ3v) is 4.69. The van der Waals surface area contributed by atoms with Gasteiger partial charge in [-0.1, -0.05) is 18.2 Å². The molecule has 0 bridgehead atoms. The van der Waals surface area contributed by atoms with Crippen LogP contribution in [0.2, 0.25) is 0 Å². The molecule has 1 aromatic carbocycles. The predicted molar refractivity (Wildman–Crippen MR) is 93.0 cm³/mol. The van der Waals surface area contributed by atoms with Crippen LogP contribution in [0.3, 0.4) is 0 Å². The highest BCUT2D eigenvalue weighted by Gasteiger charge is 2.29. The van der Waals surface area contributed by atoms with Crippen LogP contribution in [-0.2, 0) is 11.2 Å². The Morgan fingerprint density at radius 2 is 2.00 bits per heavy atom. The second kappa shape index (κ2) is 6.42. The molecule has 4 nitrogen and oxygen atoms in total. The molecule has 0 atom stereocenters. The van der Waals surface area contributed by atoms with E-state index >= 15 is 0 Å². The number of carbonyl (C=O) groups is 1. The molecule has 1 N–H and O–H groups in total. The zero-order valence-electron chi connectivity index (χ0n) is 14.5. The first-order valence-electron chi connectivity index (χ1n) is 8.77. The van der Waals surface area contributed by atoms with Crippen LogP contribution in [0.4, 0.5) is 10.5 Å². The van der Waals surface area contributed by atoms with Crippen LogP contribution < -0.4 is 5.32 Å². The molecular weight excluding hydrogens is 288 g/mol. The highest BCUT2D eigenvalue weighted by molar-refractivity contribution is 5.68. The summed E-state index contributed by atoms with van der Waals surface area (Å²) in [6, 6.07) is 6.67. The summed E-state index contributed by atoms with van der Waals surface area (Å²) in [7, 11) is 0. The number of rotatable bonds is 1. The number of amides is 1. The number of benzene rings is 1. The standard InChI is InChI=1S/C19H28N2O2/c1-19(2,3)23-18(22)21-12-9-14(10-13-21)16-8-4-6-15-7-5-11-20-17(15)16/h4,6,8,14,20H,5,7,9-13H2,1-3H3. The van der Waals surface area contributed by atoms with E-state index in [2.05, 4.69) is 23.5 Å². The van der Waals surface area contributed by atoms with Gasteiger partial charge in [0.2, 0.25) is 0 Å². The van der Waals surface area contributed by atoms with Gasteiger partial charge in [0.25, 0.3) is 0 Å². The minimum atomic E-state index is -0.420. The van der Waals surface area contributed by atoms with E-state index in [1.807, 2.05) is 25.7 Å². The van der Waals surface area contributed by atoms with Crippen molar-refractivity contribution in [3.8, 4) is 0 Å². The Labute approximate surface area is 139 Å². The zero-order valence-corrected chi connectivity index (χ0v) is 14.5. The van der Waals surface area contributed by atoms with E-state index in [1.54, 1.807) is 0 Å². The molecule has 0 saturated carbocycles. The lowest BCUT2D eigenvalue weighted by atomic mass is 9.85. The number of ether oxygens (including phenoxy) is 1. The van der Waals surface area contributed by atoms with Crippen LogP contribution in [0.15, 0.2) is 18.2 Å². The summed E-state index contributed by atoms with van der Waals surface area (Å²) in [6.45, 7) is 8.38. The monoisotopic (exact) mass is 316 g/mol. The second-order valence-corrected chi connectivity index (χ2v) is 7.65. The average molecular weight is 316 g/mol. The van der Waals surface area contributed by atoms with Gasteiger partial charge >= 0.3 is 6.09 Å². The van der Waals surface area contributed by atoms with E-state index in [9.17, 15) is 4.79 Å². The highest BCUT2D eigenvalue weighted by Crippen LogP contribution is 2.36. The summed E-state index contributed by atoms with van der Waals surface area (Å²) in [5, 5.41) is 3.59. The molecule has 23 heavy (non-hydrogen) atoms. The number of aryl methyl sites for hydroxylation is 1. The lowest BCUT2D eigenvalue weighted by molar-refractivity contribution is 0.0205. The highest BCUT2D eigenvalue weighted by atomic mass is 16.6. The van der Waals surface area contributed by atoms with Crippen molar-refractivity contribution in [1.82, 2.24) is 4.90 Å². The minimum Gasteiger partial charge on any atom is -0.444 e. The SMILES string of the molecule is CC(C)(C)OC(=O)N1CCC(c2cccc3c2NCCC3)CC1. The number of nitrogens with one attached hydrogen (secondary N) is 1. The molecule has 1 saturated heterocycles. The van der Waals surface area contributed by atoms with Crippen molar-refractivity contribution >= 4 is 11.8 Å². The smallest absolute Gasteiger partial charge is 0.410 e. The largest absolute Gasteiger partial charge is 0.444 e. The molecule has 0 radical (unpaired) electrons. The first-order chi connectivity index (χ1) is 10.9. The average Bonchev–Trinajstić information content (AvgIpc) is 2.53. The van der Waals surface area contributed by atoms with E-state index in [4.69, 9.17) is 4.74 Å². The molecule has 126 valence electrons. The molecule has 4 heteroatoms. The quantitative estimate of drug-likeness (QED) is 0.846. The Morgan fingerprint density at radius 1 is 1.26 bits per heavy atom. The van der Waals surface area contributed by atoms with Crippen LogP contribution in [0.25, 0.3) is 0 Å². The molecule has 2 aliphatic heterocycles. The van der Waals surface area contributed by atoms with Crippen LogP contribution in [0, 0.1) is 0 Å². The van der Waals surface area contributed by atoms with Gasteiger partial charge in [0.1, 0.15) is 5.60 Å². The summed E-state index contributed by atoms with van der Waals surface area (Å²) >= 11 is 0. The topological polar surface area (TPSA) is 41.6 Å². The third kappa shape index (κ3) is 3.80. The molecule has 1 fully saturated rings. The Hall–Kier alpha value is -1.71. The van der Waals surface area contributed by atoms with Crippen LogP contribution in [0.1, 0.15) is 57.1 Å². The lowest BCUT2D eigenvalue weighted by Crippen LogP contribution is -2.41. The van der Waals surface area contributed by atoms with Crippen molar-refractivity contribution in [3.63, 3.8) is 0 Å². The molecule has 2 heterocycles. The summed E-state index contributed by atoms with van der Waals surface area (Å²) in [4.78, 5) is 14.0. The summed E-state index contributed by atoms with van der Waals surface area (Å²) in [5.41, 5.74) is 3.82. The lowest BCUT2D eigenvalue weighted by Gasteiger charge is -2.35. The van der Waals surface area contributed by atoms with Crippen molar-refractivity contribution in [1.29, 1.82) is 0 Å². The molecule has 2 aliphatic rings. The van der Waals surface area contributed by atoms with Gasteiger partial charge in [-0.3, -0.25) is 0 Å². The van der Waals surface area contributed by atoms with Crippen LogP contribution in [-0.4, -0.2) is 36.2 Å². The Morgan fingerprint density at radius 3 is 2.70 bits per heavy atom. The Balaban J connectivity index is 1.65. The number of anilines is 1. The van der Waals surface area contributed by atoms with Gasteiger partial charge in [0.15, 0.2) is 0 Å². The minimum absolute atomic E-state index is 0.177. The zero-order chi connectivity index (χ0) is 16.4. The van der Waals surface area contributed by atoms with E-state index in [0.717, 1.165) is 32.5 Å².